The van der Waals surface area contributed by atoms with E-state index in [4.69, 9.17) is 0 Å². The molecule has 3 heterocycles. The number of hydrogen-bond acceptors (Lipinski definition) is 4. The maximum Gasteiger partial charge on any atom is 0.160 e. The van der Waals surface area contributed by atoms with Crippen LogP contribution in [0.4, 0.5) is 0 Å². The molecule has 5 aromatic rings. The molecule has 0 atom stereocenters. The SMILES string of the molecule is c1ccc2nc3ccccc3cc2c1.c1ncc2nc[nH]c2n1. The zero-order valence-corrected chi connectivity index (χ0v) is 12.2. The highest BCUT2D eigenvalue weighted by atomic mass is 15.0. The summed E-state index contributed by atoms with van der Waals surface area (Å²) in [4.78, 5) is 19.1. The van der Waals surface area contributed by atoms with Crippen molar-refractivity contribution in [3.05, 3.63) is 73.4 Å². The number of para-hydroxylation sites is 2. The molecular formula is C18H13N5. The average Bonchev–Trinajstić information content (AvgIpc) is 3.09. The van der Waals surface area contributed by atoms with E-state index in [1.807, 2.05) is 36.4 Å². The lowest BCUT2D eigenvalue weighted by Crippen LogP contribution is -1.80. The van der Waals surface area contributed by atoms with Crippen LogP contribution >= 0.6 is 0 Å². The van der Waals surface area contributed by atoms with Crippen molar-refractivity contribution in [3.8, 4) is 0 Å². The highest BCUT2D eigenvalue weighted by Gasteiger charge is 1.96. The number of imidazole rings is 1. The predicted octanol–water partition coefficient (Wildman–Crippen LogP) is 3.74. The monoisotopic (exact) mass is 299 g/mol. The molecule has 23 heavy (non-hydrogen) atoms. The molecule has 0 saturated heterocycles. The molecule has 3 aromatic heterocycles. The zero-order chi connectivity index (χ0) is 15.5. The topological polar surface area (TPSA) is 67.3 Å². The third-order valence-corrected chi connectivity index (χ3v) is 3.52. The van der Waals surface area contributed by atoms with Gasteiger partial charge in [0.25, 0.3) is 0 Å². The molecule has 1 N–H and O–H groups in total. The standard InChI is InChI=1S/C13H9N.C5H4N4/c1-3-7-12-10(5-1)9-11-6-2-4-8-13(11)14-12;1-4-5(8-2-6-1)9-3-7-4/h1-9H;1-3H,(H,6,7,8,9). The number of rotatable bonds is 0. The second-order valence-corrected chi connectivity index (χ2v) is 5.03. The van der Waals surface area contributed by atoms with Crippen LogP contribution < -0.4 is 0 Å². The lowest BCUT2D eigenvalue weighted by Gasteiger charge is -1.99. The number of hydrogen-bond donors (Lipinski definition) is 1. The van der Waals surface area contributed by atoms with Crippen molar-refractivity contribution in [1.29, 1.82) is 0 Å². The van der Waals surface area contributed by atoms with Gasteiger partial charge in [0.1, 0.15) is 11.8 Å². The van der Waals surface area contributed by atoms with E-state index in [9.17, 15) is 0 Å². The van der Waals surface area contributed by atoms with E-state index in [2.05, 4.69) is 43.1 Å². The Morgan fingerprint density at radius 2 is 1.43 bits per heavy atom. The average molecular weight is 299 g/mol. The highest BCUT2D eigenvalue weighted by Crippen LogP contribution is 2.18. The minimum Gasteiger partial charge on any atom is -0.329 e. The van der Waals surface area contributed by atoms with E-state index >= 15 is 0 Å². The summed E-state index contributed by atoms with van der Waals surface area (Å²) >= 11 is 0. The van der Waals surface area contributed by atoms with Crippen molar-refractivity contribution in [2.75, 3.05) is 0 Å². The summed E-state index contributed by atoms with van der Waals surface area (Å²) in [7, 11) is 0. The first-order valence-electron chi connectivity index (χ1n) is 7.24. The molecule has 0 aliphatic rings. The highest BCUT2D eigenvalue weighted by molar-refractivity contribution is 5.92. The van der Waals surface area contributed by atoms with Crippen LogP contribution in [0.2, 0.25) is 0 Å². The number of aromatic amines is 1. The van der Waals surface area contributed by atoms with Crippen molar-refractivity contribution < 1.29 is 0 Å². The van der Waals surface area contributed by atoms with Gasteiger partial charge >= 0.3 is 0 Å². The van der Waals surface area contributed by atoms with Gasteiger partial charge in [-0.1, -0.05) is 36.4 Å². The zero-order valence-electron chi connectivity index (χ0n) is 12.2. The molecule has 5 rings (SSSR count). The van der Waals surface area contributed by atoms with E-state index in [1.165, 1.54) is 17.1 Å². The van der Waals surface area contributed by atoms with Crippen molar-refractivity contribution in [1.82, 2.24) is 24.9 Å². The largest absolute Gasteiger partial charge is 0.329 e. The fraction of sp³-hybridized carbons (Fsp3) is 0. The van der Waals surface area contributed by atoms with Gasteiger partial charge in [-0.25, -0.2) is 19.9 Å². The number of nitrogens with zero attached hydrogens (tertiary/aromatic N) is 4. The predicted molar refractivity (Wildman–Crippen MR) is 90.9 cm³/mol. The van der Waals surface area contributed by atoms with Gasteiger partial charge in [0.05, 0.1) is 23.6 Å². The van der Waals surface area contributed by atoms with Gasteiger partial charge in [0, 0.05) is 10.8 Å². The van der Waals surface area contributed by atoms with Crippen molar-refractivity contribution >= 4 is 33.0 Å². The van der Waals surface area contributed by atoms with E-state index in [0.29, 0.717) is 0 Å². The third kappa shape index (κ3) is 2.72. The minimum atomic E-state index is 0.782. The van der Waals surface area contributed by atoms with Gasteiger partial charge in [-0.05, 0) is 18.2 Å². The molecular weight excluding hydrogens is 286 g/mol. The number of H-pyrrole nitrogens is 1. The number of benzene rings is 2. The molecule has 0 unspecified atom stereocenters. The maximum absolute atomic E-state index is 4.58. The quantitative estimate of drug-likeness (QED) is 0.442. The Kier molecular flexibility index (Phi) is 3.37. The molecule has 0 radical (unpaired) electrons. The van der Waals surface area contributed by atoms with Gasteiger partial charge in [-0.3, -0.25) is 0 Å². The summed E-state index contributed by atoms with van der Waals surface area (Å²) in [6.07, 6.45) is 4.75. The molecule has 2 aromatic carbocycles. The van der Waals surface area contributed by atoms with Gasteiger partial charge in [-0.15, -0.1) is 0 Å². The van der Waals surface area contributed by atoms with E-state index < -0.39 is 0 Å². The lowest BCUT2D eigenvalue weighted by molar-refractivity contribution is 1.20. The van der Waals surface area contributed by atoms with Crippen LogP contribution in [-0.2, 0) is 0 Å². The maximum atomic E-state index is 4.58. The molecule has 0 amide bonds. The Morgan fingerprint density at radius 3 is 2.13 bits per heavy atom. The van der Waals surface area contributed by atoms with Gasteiger partial charge in [-0.2, -0.15) is 0 Å². The van der Waals surface area contributed by atoms with Crippen molar-refractivity contribution in [2.45, 2.75) is 0 Å². The van der Waals surface area contributed by atoms with Crippen molar-refractivity contribution in [3.63, 3.8) is 0 Å². The summed E-state index contributed by atoms with van der Waals surface area (Å²) in [5.74, 6) is 0. The molecule has 0 bridgehead atoms. The molecule has 5 nitrogen and oxygen atoms in total. The summed E-state index contributed by atoms with van der Waals surface area (Å²) < 4.78 is 0. The Balaban J connectivity index is 0.000000130. The number of pyridine rings is 1. The second-order valence-electron chi connectivity index (χ2n) is 5.03. The van der Waals surface area contributed by atoms with Crippen molar-refractivity contribution in [2.24, 2.45) is 0 Å². The summed E-state index contributed by atoms with van der Waals surface area (Å²) in [5, 5.41) is 2.40. The van der Waals surface area contributed by atoms with E-state index in [1.54, 1.807) is 12.5 Å². The van der Waals surface area contributed by atoms with Crippen LogP contribution in [0.5, 0.6) is 0 Å². The normalized spacial score (nSPS) is 10.6. The smallest absolute Gasteiger partial charge is 0.160 e. The van der Waals surface area contributed by atoms with Gasteiger partial charge < -0.3 is 4.98 Å². The summed E-state index contributed by atoms with van der Waals surface area (Å²) in [5.41, 5.74) is 3.71. The summed E-state index contributed by atoms with van der Waals surface area (Å²) in [6.45, 7) is 0. The molecule has 0 spiro atoms. The van der Waals surface area contributed by atoms with Crippen LogP contribution in [0.25, 0.3) is 33.0 Å². The van der Waals surface area contributed by atoms with Crippen LogP contribution in [0.1, 0.15) is 0 Å². The number of nitrogens with one attached hydrogen (secondary N) is 1. The summed E-state index contributed by atoms with van der Waals surface area (Å²) in [6, 6.07) is 18.6. The second kappa shape index (κ2) is 5.81. The number of aromatic nitrogens is 5. The Hall–Kier alpha value is -3.34. The van der Waals surface area contributed by atoms with Gasteiger partial charge in [0.15, 0.2) is 5.65 Å². The van der Waals surface area contributed by atoms with E-state index in [-0.39, 0.29) is 0 Å². The van der Waals surface area contributed by atoms with E-state index in [0.717, 1.165) is 22.2 Å². The minimum absolute atomic E-state index is 0.782. The fourth-order valence-corrected chi connectivity index (χ4v) is 2.41. The first-order valence-corrected chi connectivity index (χ1v) is 7.24. The molecule has 0 saturated carbocycles. The molecule has 0 aliphatic carbocycles. The molecule has 0 fully saturated rings. The van der Waals surface area contributed by atoms with Crippen LogP contribution in [0.15, 0.2) is 73.4 Å². The van der Waals surface area contributed by atoms with Crippen LogP contribution in [-0.4, -0.2) is 24.9 Å². The first kappa shape index (κ1) is 13.3. The molecule has 0 aliphatic heterocycles. The number of fused-ring (bicyclic) bond motifs is 3. The Bertz CT molecular complexity index is 949. The fourth-order valence-electron chi connectivity index (χ4n) is 2.41. The Morgan fingerprint density at radius 1 is 0.739 bits per heavy atom. The molecule has 110 valence electrons. The van der Waals surface area contributed by atoms with Crippen LogP contribution in [0, 0.1) is 0 Å². The first-order chi connectivity index (χ1) is 11.4. The lowest BCUT2D eigenvalue weighted by atomic mass is 10.1. The van der Waals surface area contributed by atoms with Gasteiger partial charge in [0.2, 0.25) is 0 Å². The molecule has 5 heteroatoms. The van der Waals surface area contributed by atoms with Crippen LogP contribution in [0.3, 0.4) is 0 Å². The third-order valence-electron chi connectivity index (χ3n) is 3.52. The Labute approximate surface area is 132 Å².